The number of ether oxygens (including phenoxy) is 1. The first-order valence-electron chi connectivity index (χ1n) is 10.6. The molecule has 0 bridgehead atoms. The average molecular weight is 444 g/mol. The van der Waals surface area contributed by atoms with E-state index < -0.39 is 29.4 Å². The highest BCUT2D eigenvalue weighted by atomic mass is 19.1. The fourth-order valence-electron chi connectivity index (χ4n) is 3.79. The third-order valence-electron chi connectivity index (χ3n) is 5.43. The summed E-state index contributed by atoms with van der Waals surface area (Å²) < 4.78 is 32.2. The molecule has 0 atom stereocenters. The summed E-state index contributed by atoms with van der Waals surface area (Å²) in [6.07, 6.45) is 0.683. The normalized spacial score (nSPS) is 14.3. The summed E-state index contributed by atoms with van der Waals surface area (Å²) in [7, 11) is 0. The summed E-state index contributed by atoms with van der Waals surface area (Å²) in [5, 5.41) is 0. The third kappa shape index (κ3) is 5.49. The molecular formula is C24H26F2N2O4. The number of likely N-dealkylation sites (tertiary alicyclic amines) is 1. The Kier molecular flexibility index (Phi) is 7.56. The molecule has 0 N–H and O–H groups in total. The molecule has 0 unspecified atom stereocenters. The lowest BCUT2D eigenvalue weighted by Crippen LogP contribution is -2.42. The van der Waals surface area contributed by atoms with Crippen LogP contribution < -0.4 is 4.90 Å². The number of halogens is 2. The van der Waals surface area contributed by atoms with Crippen LogP contribution in [0.5, 0.6) is 0 Å². The molecule has 2 aromatic carbocycles. The smallest absolute Gasteiger partial charge is 0.309 e. The first-order chi connectivity index (χ1) is 15.3. The molecule has 6 nitrogen and oxygen atoms in total. The van der Waals surface area contributed by atoms with Gasteiger partial charge in [-0.15, -0.1) is 0 Å². The molecule has 1 heterocycles. The fourth-order valence-corrected chi connectivity index (χ4v) is 3.79. The number of benzene rings is 2. The van der Waals surface area contributed by atoms with Gasteiger partial charge in [0.2, 0.25) is 0 Å². The van der Waals surface area contributed by atoms with E-state index in [1.807, 2.05) is 44.2 Å². The Morgan fingerprint density at radius 2 is 1.72 bits per heavy atom. The number of rotatable bonds is 6. The Bertz CT molecular complexity index is 973. The maximum Gasteiger partial charge on any atom is 0.309 e. The first kappa shape index (κ1) is 23.4. The second-order valence-electron chi connectivity index (χ2n) is 7.99. The molecular weight excluding hydrogens is 418 g/mol. The van der Waals surface area contributed by atoms with Crippen LogP contribution in [0, 0.1) is 17.6 Å². The largest absolute Gasteiger partial charge is 0.455 e. The lowest BCUT2D eigenvalue weighted by atomic mass is 9.96. The Hall–Kier alpha value is -3.29. The molecule has 8 heteroatoms. The van der Waals surface area contributed by atoms with Crippen molar-refractivity contribution in [3.8, 4) is 0 Å². The minimum absolute atomic E-state index is 0.107. The average Bonchev–Trinajstić information content (AvgIpc) is 2.78. The van der Waals surface area contributed by atoms with Crippen LogP contribution in [-0.2, 0) is 14.3 Å². The van der Waals surface area contributed by atoms with Gasteiger partial charge in [-0.2, -0.15) is 0 Å². The molecule has 1 fully saturated rings. The Morgan fingerprint density at radius 3 is 2.31 bits per heavy atom. The van der Waals surface area contributed by atoms with Gasteiger partial charge < -0.3 is 14.5 Å². The van der Waals surface area contributed by atoms with Crippen LogP contribution in [0.3, 0.4) is 0 Å². The van der Waals surface area contributed by atoms with Crippen LogP contribution in [0.2, 0.25) is 0 Å². The van der Waals surface area contributed by atoms with Crippen molar-refractivity contribution in [1.82, 2.24) is 4.90 Å². The van der Waals surface area contributed by atoms with Gasteiger partial charge in [-0.25, -0.2) is 8.78 Å². The second-order valence-corrected chi connectivity index (χ2v) is 7.99. The Labute approximate surface area is 185 Å². The van der Waals surface area contributed by atoms with Crippen molar-refractivity contribution in [1.29, 1.82) is 0 Å². The van der Waals surface area contributed by atoms with E-state index in [2.05, 4.69) is 0 Å². The van der Waals surface area contributed by atoms with Gasteiger partial charge in [0.05, 0.1) is 11.5 Å². The summed E-state index contributed by atoms with van der Waals surface area (Å²) in [6, 6.07) is 11.9. The highest BCUT2D eigenvalue weighted by molar-refractivity contribution is 5.96. The monoisotopic (exact) mass is 444 g/mol. The number of hydrogen-bond donors (Lipinski definition) is 0. The van der Waals surface area contributed by atoms with E-state index in [0.717, 1.165) is 17.8 Å². The number of hydrogen-bond acceptors (Lipinski definition) is 4. The third-order valence-corrected chi connectivity index (χ3v) is 5.43. The molecule has 3 rings (SSSR count). The van der Waals surface area contributed by atoms with Crippen molar-refractivity contribution in [2.24, 2.45) is 5.92 Å². The quantitative estimate of drug-likeness (QED) is 0.636. The highest BCUT2D eigenvalue weighted by Gasteiger charge is 2.30. The predicted molar refractivity (Wildman–Crippen MR) is 115 cm³/mol. The zero-order chi connectivity index (χ0) is 23.3. The van der Waals surface area contributed by atoms with Crippen molar-refractivity contribution in [3.63, 3.8) is 0 Å². The molecule has 1 aliphatic heterocycles. The van der Waals surface area contributed by atoms with E-state index in [-0.39, 0.29) is 37.2 Å². The molecule has 0 spiro atoms. The molecule has 32 heavy (non-hydrogen) atoms. The van der Waals surface area contributed by atoms with Gasteiger partial charge in [0.1, 0.15) is 11.6 Å². The lowest BCUT2D eigenvalue weighted by Gasteiger charge is -2.31. The SMILES string of the molecule is CC(C)N(C(=O)COC(=O)C1CCN(C(=O)c2ccc(F)cc2F)CC1)c1ccccc1. The number of para-hydroxylation sites is 1. The number of anilines is 1. The van der Waals surface area contributed by atoms with Gasteiger partial charge in [0.15, 0.2) is 6.61 Å². The van der Waals surface area contributed by atoms with Crippen LogP contribution in [0.4, 0.5) is 14.5 Å². The Balaban J connectivity index is 1.52. The fraction of sp³-hybridized carbons (Fsp3) is 0.375. The van der Waals surface area contributed by atoms with E-state index in [9.17, 15) is 23.2 Å². The van der Waals surface area contributed by atoms with E-state index in [1.165, 1.54) is 4.90 Å². The van der Waals surface area contributed by atoms with Crippen molar-refractivity contribution < 1.29 is 27.9 Å². The van der Waals surface area contributed by atoms with Crippen molar-refractivity contribution >= 4 is 23.5 Å². The number of carbonyl (C=O) groups is 3. The minimum atomic E-state index is -0.914. The second kappa shape index (κ2) is 10.3. The van der Waals surface area contributed by atoms with Gasteiger partial charge in [-0.3, -0.25) is 14.4 Å². The molecule has 0 saturated carbocycles. The topological polar surface area (TPSA) is 66.9 Å². The van der Waals surface area contributed by atoms with Crippen molar-refractivity contribution in [3.05, 3.63) is 65.7 Å². The number of esters is 1. The number of nitrogens with zero attached hydrogens (tertiary/aromatic N) is 2. The van der Waals surface area contributed by atoms with Gasteiger partial charge in [-0.1, -0.05) is 18.2 Å². The predicted octanol–water partition coefficient (Wildman–Crippen LogP) is 3.80. The van der Waals surface area contributed by atoms with Crippen LogP contribution in [0.25, 0.3) is 0 Å². The number of piperidine rings is 1. The van der Waals surface area contributed by atoms with E-state index in [4.69, 9.17) is 4.74 Å². The summed E-state index contributed by atoms with van der Waals surface area (Å²) in [5.74, 6) is -3.47. The summed E-state index contributed by atoms with van der Waals surface area (Å²) in [5.41, 5.74) is 0.524. The molecule has 0 aromatic heterocycles. The minimum Gasteiger partial charge on any atom is -0.455 e. The van der Waals surface area contributed by atoms with Crippen molar-refractivity contribution in [2.75, 3.05) is 24.6 Å². The van der Waals surface area contributed by atoms with Gasteiger partial charge in [-0.05, 0) is 51.0 Å². The number of carbonyl (C=O) groups excluding carboxylic acids is 3. The zero-order valence-electron chi connectivity index (χ0n) is 18.1. The summed E-state index contributed by atoms with van der Waals surface area (Å²) in [6.45, 7) is 3.87. The maximum absolute atomic E-state index is 13.9. The molecule has 1 aliphatic rings. The van der Waals surface area contributed by atoms with E-state index in [1.54, 1.807) is 4.90 Å². The van der Waals surface area contributed by atoms with Gasteiger partial charge >= 0.3 is 5.97 Å². The van der Waals surface area contributed by atoms with Crippen molar-refractivity contribution in [2.45, 2.75) is 32.7 Å². The summed E-state index contributed by atoms with van der Waals surface area (Å²) >= 11 is 0. The van der Waals surface area contributed by atoms with E-state index in [0.29, 0.717) is 18.9 Å². The number of amides is 2. The van der Waals surface area contributed by atoms with Crippen LogP contribution in [-0.4, -0.2) is 48.4 Å². The molecule has 2 aromatic rings. The first-order valence-corrected chi connectivity index (χ1v) is 10.6. The molecule has 0 aliphatic carbocycles. The molecule has 1 saturated heterocycles. The van der Waals surface area contributed by atoms with Crippen LogP contribution in [0.15, 0.2) is 48.5 Å². The van der Waals surface area contributed by atoms with Gasteiger partial charge in [0, 0.05) is 30.9 Å². The lowest BCUT2D eigenvalue weighted by molar-refractivity contribution is -0.153. The molecule has 170 valence electrons. The van der Waals surface area contributed by atoms with Gasteiger partial charge in [0.25, 0.3) is 11.8 Å². The standard InChI is InChI=1S/C24H26F2N2O4/c1-16(2)28(19-6-4-3-5-7-19)22(29)15-32-24(31)17-10-12-27(13-11-17)23(30)20-9-8-18(25)14-21(20)26/h3-9,14,16-17H,10-13,15H2,1-2H3. The van der Waals surface area contributed by atoms with Crippen LogP contribution >= 0.6 is 0 Å². The molecule has 0 radical (unpaired) electrons. The zero-order valence-corrected chi connectivity index (χ0v) is 18.1. The highest BCUT2D eigenvalue weighted by Crippen LogP contribution is 2.22. The summed E-state index contributed by atoms with van der Waals surface area (Å²) in [4.78, 5) is 40.6. The maximum atomic E-state index is 13.9. The van der Waals surface area contributed by atoms with Crippen LogP contribution in [0.1, 0.15) is 37.0 Å². The van der Waals surface area contributed by atoms with E-state index >= 15 is 0 Å². The molecule has 2 amide bonds. The Morgan fingerprint density at radius 1 is 1.06 bits per heavy atom.